The number of likely N-dealkylation sites (tertiary alicyclic amines) is 1. The van der Waals surface area contributed by atoms with Crippen LogP contribution in [0, 0.1) is 0 Å². The van der Waals surface area contributed by atoms with Crippen molar-refractivity contribution in [1.82, 2.24) is 34.3 Å². The monoisotopic (exact) mass is 780 g/mol. The number of benzene rings is 2. The number of nitrogens with zero attached hydrogens (tertiary/aromatic N) is 6. The van der Waals surface area contributed by atoms with Gasteiger partial charge in [0.2, 0.25) is 17.6 Å². The molecular formula is C37H33Cl2F3N8O4. The zero-order valence-corrected chi connectivity index (χ0v) is 30.8. The van der Waals surface area contributed by atoms with Gasteiger partial charge in [-0.2, -0.15) is 13.2 Å². The van der Waals surface area contributed by atoms with Crippen molar-refractivity contribution in [3.05, 3.63) is 90.3 Å². The van der Waals surface area contributed by atoms with E-state index in [4.69, 9.17) is 32.9 Å². The molecule has 1 spiro atoms. The lowest BCUT2D eigenvalue weighted by atomic mass is 9.97. The van der Waals surface area contributed by atoms with Gasteiger partial charge in [-0.1, -0.05) is 53.5 Å². The van der Waals surface area contributed by atoms with E-state index < -0.39 is 34.7 Å². The summed E-state index contributed by atoms with van der Waals surface area (Å²) < 4.78 is 49.2. The number of aromatic nitrogens is 5. The molecule has 1 amide bonds. The van der Waals surface area contributed by atoms with Gasteiger partial charge in [0.1, 0.15) is 11.2 Å². The van der Waals surface area contributed by atoms with Crippen LogP contribution >= 0.6 is 23.2 Å². The highest BCUT2D eigenvalue weighted by Crippen LogP contribution is 2.47. The van der Waals surface area contributed by atoms with Crippen LogP contribution in [0.5, 0.6) is 5.88 Å². The molecule has 17 heteroatoms. The lowest BCUT2D eigenvalue weighted by Gasteiger charge is -2.28. The van der Waals surface area contributed by atoms with E-state index in [0.717, 1.165) is 59.0 Å². The summed E-state index contributed by atoms with van der Waals surface area (Å²) in [7, 11) is 4.01. The number of rotatable bonds is 6. The molecule has 2 atom stereocenters. The third-order valence-electron chi connectivity index (χ3n) is 10.8. The van der Waals surface area contributed by atoms with Crippen LogP contribution in [0.25, 0.3) is 33.4 Å². The van der Waals surface area contributed by atoms with Crippen molar-refractivity contribution in [2.75, 3.05) is 25.5 Å². The Bertz CT molecular complexity index is 2520. The predicted octanol–water partition coefficient (Wildman–Crippen LogP) is 6.18. The van der Waals surface area contributed by atoms with Crippen molar-refractivity contribution in [3.63, 3.8) is 0 Å². The van der Waals surface area contributed by atoms with Crippen LogP contribution in [0.4, 0.5) is 24.7 Å². The van der Waals surface area contributed by atoms with E-state index in [0.29, 0.717) is 39.7 Å². The molecule has 2 N–H and O–H groups in total. The van der Waals surface area contributed by atoms with Crippen molar-refractivity contribution in [3.8, 4) is 28.3 Å². The van der Waals surface area contributed by atoms with E-state index in [-0.39, 0.29) is 33.6 Å². The molecule has 54 heavy (non-hydrogen) atoms. The Labute approximate surface area is 315 Å². The zero-order valence-electron chi connectivity index (χ0n) is 29.3. The summed E-state index contributed by atoms with van der Waals surface area (Å²) in [6, 6.07) is 12.4. The number of fused-ring (bicyclic) bond motifs is 2. The largest absolute Gasteiger partial charge is 0.481 e. The minimum Gasteiger partial charge on any atom is -0.481 e. The molecule has 1 aliphatic carbocycles. The molecule has 5 heterocycles. The highest BCUT2D eigenvalue weighted by atomic mass is 35.5. The van der Waals surface area contributed by atoms with Crippen LogP contribution in [0.2, 0.25) is 10.0 Å². The second kappa shape index (κ2) is 13.1. The van der Waals surface area contributed by atoms with Gasteiger partial charge in [0.05, 0.1) is 34.1 Å². The minimum absolute atomic E-state index is 0.0858. The van der Waals surface area contributed by atoms with Crippen molar-refractivity contribution in [1.29, 1.82) is 0 Å². The minimum atomic E-state index is -4.98. The van der Waals surface area contributed by atoms with Gasteiger partial charge in [0, 0.05) is 61.9 Å². The summed E-state index contributed by atoms with van der Waals surface area (Å²) >= 11 is 14.1. The quantitative estimate of drug-likeness (QED) is 0.207. The van der Waals surface area contributed by atoms with Crippen molar-refractivity contribution in [2.24, 2.45) is 14.1 Å². The highest BCUT2D eigenvalue weighted by Gasteiger charge is 2.46. The Morgan fingerprint density at radius 2 is 1.67 bits per heavy atom. The van der Waals surface area contributed by atoms with Crippen LogP contribution in [-0.4, -0.2) is 60.6 Å². The number of halogens is 5. The number of pyridine rings is 1. The van der Waals surface area contributed by atoms with E-state index in [2.05, 4.69) is 25.5 Å². The molecule has 2 aromatic carbocycles. The third-order valence-corrected chi connectivity index (χ3v) is 11.6. The van der Waals surface area contributed by atoms with Gasteiger partial charge in [0.15, 0.2) is 5.65 Å². The summed E-state index contributed by atoms with van der Waals surface area (Å²) in [4.78, 5) is 52.3. The first-order chi connectivity index (χ1) is 25.7. The molecule has 8 rings (SSSR count). The summed E-state index contributed by atoms with van der Waals surface area (Å²) in [5.74, 6) is -1.41. The lowest BCUT2D eigenvalue weighted by molar-refractivity contribution is -0.144. The molecule has 0 bridgehead atoms. The first kappa shape index (κ1) is 36.0. The van der Waals surface area contributed by atoms with Crippen molar-refractivity contribution >= 4 is 51.6 Å². The molecule has 3 aliphatic rings. The number of aryl methyl sites for hydroxylation is 2. The highest BCUT2D eigenvalue weighted by molar-refractivity contribution is 6.39. The number of methoxy groups -OCH3 is 1. The van der Waals surface area contributed by atoms with Crippen LogP contribution in [0.15, 0.2) is 52.1 Å². The fourth-order valence-electron chi connectivity index (χ4n) is 8.07. The lowest BCUT2D eigenvalue weighted by Crippen LogP contribution is -2.44. The van der Waals surface area contributed by atoms with Crippen LogP contribution in [-0.2, 0) is 31.5 Å². The SMILES string of the molecule is COc1nc(-c2cccc(-c3cccc(Nc4nc(C(F)(F)F)nc5c4c(=O)n(C)c(=O)n5C)c3Cl)c2Cl)cc2c1[C@H](N1CC[C@@]3(CCC(=O)N3)C1)CC2. The Balaban J connectivity index is 1.15. The summed E-state index contributed by atoms with van der Waals surface area (Å²) in [5.41, 5.74) is 2.03. The van der Waals surface area contributed by atoms with E-state index in [1.54, 1.807) is 31.4 Å². The zero-order chi connectivity index (χ0) is 38.3. The number of hydrogen-bond acceptors (Lipinski definition) is 9. The normalized spacial score (nSPS) is 19.9. The average Bonchev–Trinajstić information content (AvgIpc) is 3.87. The van der Waals surface area contributed by atoms with Crippen LogP contribution in [0.1, 0.15) is 48.7 Å². The number of anilines is 2. The fourth-order valence-corrected chi connectivity index (χ4v) is 8.67. The molecule has 0 radical (unpaired) electrons. The second-order valence-electron chi connectivity index (χ2n) is 14.0. The fraction of sp³-hybridized carbons (Fsp3) is 0.351. The molecule has 0 unspecified atom stereocenters. The maximum atomic E-state index is 13.9. The van der Waals surface area contributed by atoms with Gasteiger partial charge >= 0.3 is 11.9 Å². The van der Waals surface area contributed by atoms with Crippen molar-refractivity contribution < 1.29 is 22.7 Å². The molecule has 3 aromatic heterocycles. The molecule has 2 saturated heterocycles. The maximum Gasteiger partial charge on any atom is 0.451 e. The predicted molar refractivity (Wildman–Crippen MR) is 197 cm³/mol. The topological polar surface area (TPSA) is 136 Å². The molecule has 2 fully saturated rings. The number of amides is 1. The first-order valence-corrected chi connectivity index (χ1v) is 18.0. The standard InChI is InChI=1S/C37H33Cl2F3N8O4/c1-48-31-27(33(52)49(2)35(48)53)30(45-34(46-31)37(40,41)42)43-22-9-5-7-20(29(22)39)19-6-4-8-21(28(19)38)23-16-18-10-11-24(26(18)32(44-23)54-3)50-15-14-36(17-50)13-12-25(51)47-36/h4-9,16,24H,10-15,17H2,1-3H3,(H,47,51)(H,43,45,46)/t24-,36+/m1/s1. The average molecular weight is 782 g/mol. The number of carbonyl (C=O) groups excluding carboxylic acids is 1. The Morgan fingerprint density at radius 1 is 0.944 bits per heavy atom. The van der Waals surface area contributed by atoms with Gasteiger partial charge in [-0.15, -0.1) is 0 Å². The summed E-state index contributed by atoms with van der Waals surface area (Å²) in [6.07, 6.45) is -0.984. The number of nitrogens with one attached hydrogen (secondary N) is 2. The van der Waals surface area contributed by atoms with E-state index in [9.17, 15) is 27.6 Å². The van der Waals surface area contributed by atoms with Gasteiger partial charge in [-0.05, 0) is 43.4 Å². The Kier molecular flexibility index (Phi) is 8.73. The Morgan fingerprint density at radius 3 is 2.37 bits per heavy atom. The molecular weight excluding hydrogens is 748 g/mol. The second-order valence-corrected chi connectivity index (χ2v) is 14.7. The molecule has 5 aromatic rings. The van der Waals surface area contributed by atoms with E-state index >= 15 is 0 Å². The summed E-state index contributed by atoms with van der Waals surface area (Å²) in [5, 5.41) is 6.09. The maximum absolute atomic E-state index is 13.9. The first-order valence-electron chi connectivity index (χ1n) is 17.2. The van der Waals surface area contributed by atoms with E-state index in [1.807, 2.05) is 12.1 Å². The van der Waals surface area contributed by atoms with Gasteiger partial charge < -0.3 is 15.4 Å². The van der Waals surface area contributed by atoms with Gasteiger partial charge in [-0.25, -0.2) is 19.7 Å². The van der Waals surface area contributed by atoms with Crippen LogP contribution < -0.4 is 26.6 Å². The smallest absolute Gasteiger partial charge is 0.451 e. The molecule has 280 valence electrons. The molecule has 0 saturated carbocycles. The van der Waals surface area contributed by atoms with Gasteiger partial charge in [0.25, 0.3) is 5.56 Å². The molecule has 12 nitrogen and oxygen atoms in total. The number of alkyl halides is 3. The van der Waals surface area contributed by atoms with Crippen LogP contribution in [0.3, 0.4) is 0 Å². The number of ether oxygens (including phenoxy) is 1. The Hall–Kier alpha value is -4.99. The van der Waals surface area contributed by atoms with E-state index in [1.165, 1.54) is 20.2 Å². The van der Waals surface area contributed by atoms with Gasteiger partial charge in [-0.3, -0.25) is 23.6 Å². The number of carbonyl (C=O) groups is 1. The third kappa shape index (κ3) is 5.89. The summed E-state index contributed by atoms with van der Waals surface area (Å²) in [6.45, 7) is 1.65. The molecule has 2 aliphatic heterocycles. The number of hydrogen-bond donors (Lipinski definition) is 2. The van der Waals surface area contributed by atoms with Crippen molar-refractivity contribution in [2.45, 2.75) is 49.9 Å².